The van der Waals surface area contributed by atoms with Crippen LogP contribution < -0.4 is 5.69 Å². The summed E-state index contributed by atoms with van der Waals surface area (Å²) in [5.74, 6) is -1.38. The van der Waals surface area contributed by atoms with Crippen LogP contribution in [0, 0.1) is 5.82 Å². The number of methoxy groups -OCH3 is 1. The second kappa shape index (κ2) is 5.95. The molecule has 21 heavy (non-hydrogen) atoms. The molecule has 0 saturated heterocycles. The molecule has 0 fully saturated rings. The molecule has 0 saturated carbocycles. The molecule has 2 aromatic rings. The molecular formula is C15H17FN2O3. The second-order valence-corrected chi connectivity index (χ2v) is 5.02. The first kappa shape index (κ1) is 15.0. The van der Waals surface area contributed by atoms with Gasteiger partial charge in [-0.05, 0) is 31.5 Å². The zero-order valence-electron chi connectivity index (χ0n) is 12.2. The van der Waals surface area contributed by atoms with E-state index in [2.05, 4.69) is 4.74 Å². The van der Waals surface area contributed by atoms with Gasteiger partial charge in [-0.25, -0.2) is 14.0 Å². The van der Waals surface area contributed by atoms with E-state index in [0.29, 0.717) is 5.56 Å². The minimum atomic E-state index is -0.720. The number of imidazole rings is 1. The largest absolute Gasteiger partial charge is 0.465 e. The Morgan fingerprint density at radius 3 is 2.57 bits per heavy atom. The van der Waals surface area contributed by atoms with Crippen LogP contribution in [0.15, 0.2) is 35.4 Å². The predicted octanol–water partition coefficient (Wildman–Crippen LogP) is 2.20. The first-order chi connectivity index (χ1) is 9.93. The number of benzene rings is 1. The molecule has 0 bridgehead atoms. The number of hydrogen-bond donors (Lipinski definition) is 0. The highest BCUT2D eigenvalue weighted by Crippen LogP contribution is 2.12. The third-order valence-corrected chi connectivity index (χ3v) is 3.22. The van der Waals surface area contributed by atoms with Gasteiger partial charge in [-0.3, -0.25) is 9.13 Å². The zero-order chi connectivity index (χ0) is 15.6. The molecule has 1 aromatic heterocycles. The third kappa shape index (κ3) is 3.04. The highest BCUT2D eigenvalue weighted by Gasteiger charge is 2.13. The van der Waals surface area contributed by atoms with Crippen molar-refractivity contribution in [3.05, 3.63) is 58.0 Å². The van der Waals surface area contributed by atoms with Gasteiger partial charge in [-0.15, -0.1) is 0 Å². The molecule has 2 rings (SSSR count). The zero-order valence-corrected chi connectivity index (χ0v) is 12.2. The van der Waals surface area contributed by atoms with E-state index < -0.39 is 11.8 Å². The van der Waals surface area contributed by atoms with Gasteiger partial charge in [0.05, 0.1) is 19.2 Å². The van der Waals surface area contributed by atoms with Gasteiger partial charge in [0.2, 0.25) is 0 Å². The molecule has 0 aliphatic carbocycles. The highest BCUT2D eigenvalue weighted by molar-refractivity contribution is 5.89. The Kier molecular flexibility index (Phi) is 4.26. The van der Waals surface area contributed by atoms with Crippen LogP contribution in [0.3, 0.4) is 0 Å². The summed E-state index contributed by atoms with van der Waals surface area (Å²) in [6.07, 6.45) is 3.36. The Bertz CT molecular complexity index is 716. The van der Waals surface area contributed by atoms with Crippen LogP contribution in [0.5, 0.6) is 0 Å². The van der Waals surface area contributed by atoms with Gasteiger partial charge in [0.1, 0.15) is 5.82 Å². The van der Waals surface area contributed by atoms with E-state index >= 15 is 0 Å². The maximum Gasteiger partial charge on any atom is 0.340 e. The molecule has 5 nitrogen and oxygen atoms in total. The number of carbonyl (C=O) groups is 1. The standard InChI is InChI=1S/C15H17FN2O3/c1-10(2)18-7-6-17(15(18)20)9-11-4-5-12(13(16)8-11)14(19)21-3/h4-8,10H,9H2,1-3H3. The maximum atomic E-state index is 13.8. The molecule has 1 aromatic carbocycles. The molecule has 1 heterocycles. The lowest BCUT2D eigenvalue weighted by atomic mass is 10.1. The number of aromatic nitrogens is 2. The Hall–Kier alpha value is -2.37. The van der Waals surface area contributed by atoms with Crippen molar-refractivity contribution >= 4 is 5.97 Å². The fourth-order valence-electron chi connectivity index (χ4n) is 2.07. The van der Waals surface area contributed by atoms with Crippen LogP contribution in [0.4, 0.5) is 4.39 Å². The van der Waals surface area contributed by atoms with Gasteiger partial charge in [-0.2, -0.15) is 0 Å². The van der Waals surface area contributed by atoms with E-state index in [4.69, 9.17) is 0 Å². The first-order valence-corrected chi connectivity index (χ1v) is 6.58. The fourth-order valence-corrected chi connectivity index (χ4v) is 2.07. The van der Waals surface area contributed by atoms with Crippen LogP contribution in [-0.2, 0) is 11.3 Å². The van der Waals surface area contributed by atoms with Crippen molar-refractivity contribution in [1.29, 1.82) is 0 Å². The lowest BCUT2D eigenvalue weighted by molar-refractivity contribution is 0.0595. The van der Waals surface area contributed by atoms with Crippen molar-refractivity contribution in [3.8, 4) is 0 Å². The summed E-state index contributed by atoms with van der Waals surface area (Å²) in [5.41, 5.74) is 0.333. The number of halogens is 1. The van der Waals surface area contributed by atoms with Gasteiger partial charge in [0.15, 0.2) is 0 Å². The van der Waals surface area contributed by atoms with Crippen LogP contribution in [0.25, 0.3) is 0 Å². The average molecular weight is 292 g/mol. The summed E-state index contributed by atoms with van der Waals surface area (Å²) < 4.78 is 21.4. The minimum absolute atomic E-state index is 0.0668. The summed E-state index contributed by atoms with van der Waals surface area (Å²) in [4.78, 5) is 23.4. The predicted molar refractivity (Wildman–Crippen MR) is 75.9 cm³/mol. The summed E-state index contributed by atoms with van der Waals surface area (Å²) in [5, 5.41) is 0. The molecular weight excluding hydrogens is 275 g/mol. The van der Waals surface area contributed by atoms with E-state index in [1.54, 1.807) is 23.0 Å². The molecule has 0 aliphatic rings. The van der Waals surface area contributed by atoms with Gasteiger partial charge in [-0.1, -0.05) is 6.07 Å². The van der Waals surface area contributed by atoms with Crippen LogP contribution >= 0.6 is 0 Å². The highest BCUT2D eigenvalue weighted by atomic mass is 19.1. The molecule has 0 aliphatic heterocycles. The van der Waals surface area contributed by atoms with Crippen molar-refractivity contribution in [2.75, 3.05) is 7.11 Å². The van der Waals surface area contributed by atoms with Crippen LogP contribution in [-0.4, -0.2) is 22.2 Å². The summed E-state index contributed by atoms with van der Waals surface area (Å²) >= 11 is 0. The molecule has 112 valence electrons. The summed E-state index contributed by atoms with van der Waals surface area (Å²) in [7, 11) is 1.20. The van der Waals surface area contributed by atoms with E-state index in [0.717, 1.165) is 0 Å². The van der Waals surface area contributed by atoms with Crippen molar-refractivity contribution in [3.63, 3.8) is 0 Å². The molecule has 6 heteroatoms. The van der Waals surface area contributed by atoms with E-state index in [-0.39, 0.29) is 23.8 Å². The minimum Gasteiger partial charge on any atom is -0.465 e. The molecule has 0 spiro atoms. The fraction of sp³-hybridized carbons (Fsp3) is 0.333. The van der Waals surface area contributed by atoms with Crippen LogP contribution in [0.1, 0.15) is 35.8 Å². The Balaban J connectivity index is 2.27. The van der Waals surface area contributed by atoms with Gasteiger partial charge in [0, 0.05) is 18.4 Å². The van der Waals surface area contributed by atoms with Crippen molar-refractivity contribution < 1.29 is 13.9 Å². The number of esters is 1. The van der Waals surface area contributed by atoms with E-state index in [1.807, 2.05) is 13.8 Å². The van der Waals surface area contributed by atoms with Crippen molar-refractivity contribution in [2.45, 2.75) is 26.4 Å². The molecule has 0 N–H and O–H groups in total. The molecule has 0 radical (unpaired) electrons. The first-order valence-electron chi connectivity index (χ1n) is 6.58. The third-order valence-electron chi connectivity index (χ3n) is 3.22. The maximum absolute atomic E-state index is 13.8. The number of ether oxygens (including phenoxy) is 1. The molecule has 0 amide bonds. The Morgan fingerprint density at radius 2 is 2.05 bits per heavy atom. The normalized spacial score (nSPS) is 10.9. The second-order valence-electron chi connectivity index (χ2n) is 5.02. The smallest absolute Gasteiger partial charge is 0.340 e. The van der Waals surface area contributed by atoms with Crippen molar-refractivity contribution in [2.24, 2.45) is 0 Å². The molecule has 0 unspecified atom stereocenters. The van der Waals surface area contributed by atoms with E-state index in [9.17, 15) is 14.0 Å². The number of rotatable bonds is 4. The number of hydrogen-bond acceptors (Lipinski definition) is 3. The van der Waals surface area contributed by atoms with Gasteiger partial charge >= 0.3 is 11.7 Å². The monoisotopic (exact) mass is 292 g/mol. The Labute approximate surface area is 121 Å². The van der Waals surface area contributed by atoms with Gasteiger partial charge < -0.3 is 4.74 Å². The Morgan fingerprint density at radius 1 is 1.33 bits per heavy atom. The average Bonchev–Trinajstić information content (AvgIpc) is 2.80. The number of carbonyl (C=O) groups excluding carboxylic acids is 1. The SMILES string of the molecule is COC(=O)c1ccc(Cn2ccn(C(C)C)c2=O)cc1F. The lowest BCUT2D eigenvalue weighted by Gasteiger charge is -2.07. The topological polar surface area (TPSA) is 53.2 Å². The quantitative estimate of drug-likeness (QED) is 0.812. The van der Waals surface area contributed by atoms with Gasteiger partial charge in [0.25, 0.3) is 0 Å². The molecule has 0 atom stereocenters. The van der Waals surface area contributed by atoms with E-state index in [1.165, 1.54) is 23.8 Å². The lowest BCUT2D eigenvalue weighted by Crippen LogP contribution is -2.25. The van der Waals surface area contributed by atoms with Crippen molar-refractivity contribution in [1.82, 2.24) is 9.13 Å². The number of nitrogens with zero attached hydrogens (tertiary/aromatic N) is 2. The summed E-state index contributed by atoms with van der Waals surface area (Å²) in [6.45, 7) is 4.07. The summed E-state index contributed by atoms with van der Waals surface area (Å²) in [6, 6.07) is 4.28. The van der Waals surface area contributed by atoms with Crippen LogP contribution in [0.2, 0.25) is 0 Å².